The molecule has 1 atom stereocenters. The Morgan fingerprint density at radius 1 is 1.29 bits per heavy atom. The van der Waals surface area contributed by atoms with Gasteiger partial charge in [-0.15, -0.1) is 0 Å². The van der Waals surface area contributed by atoms with Crippen LogP contribution in [0.1, 0.15) is 30.0 Å². The Balaban J connectivity index is 1.94. The Labute approximate surface area is 127 Å². The molecule has 2 N–H and O–H groups in total. The summed E-state index contributed by atoms with van der Waals surface area (Å²) in [6.07, 6.45) is 1.74. The van der Waals surface area contributed by atoms with Gasteiger partial charge < -0.3 is 15.3 Å². The number of carbonyl (C=O) groups excluding carboxylic acids is 1. The number of hydrogen-bond acceptors (Lipinski definition) is 3. The van der Waals surface area contributed by atoms with Gasteiger partial charge >= 0.3 is 0 Å². The molecule has 1 aliphatic heterocycles. The van der Waals surface area contributed by atoms with Crippen LogP contribution in [-0.4, -0.2) is 42.1 Å². The molecule has 0 aromatic heterocycles. The largest absolute Gasteiger partial charge is 0.508 e. The third-order valence-electron chi connectivity index (χ3n) is 4.36. The van der Waals surface area contributed by atoms with E-state index >= 15 is 0 Å². The smallest absolute Gasteiger partial charge is 0.225 e. The van der Waals surface area contributed by atoms with Gasteiger partial charge in [-0.1, -0.05) is 6.92 Å². The molecule has 116 valence electrons. The van der Waals surface area contributed by atoms with Gasteiger partial charge in [0.25, 0.3) is 0 Å². The highest BCUT2D eigenvalue weighted by molar-refractivity contribution is 5.78. The highest BCUT2D eigenvalue weighted by Gasteiger charge is 2.22. The minimum atomic E-state index is 0.0516. The summed E-state index contributed by atoms with van der Waals surface area (Å²) in [5.41, 5.74) is 3.47. The van der Waals surface area contributed by atoms with Crippen LogP contribution in [-0.2, 0) is 11.2 Å². The Morgan fingerprint density at radius 2 is 1.86 bits per heavy atom. The number of piperazine rings is 1. The number of nitrogens with zero attached hydrogens (tertiary/aromatic N) is 1. The predicted octanol–water partition coefficient (Wildman–Crippen LogP) is 2.01. The molecule has 1 aliphatic rings. The summed E-state index contributed by atoms with van der Waals surface area (Å²) in [6, 6.07) is 3.59. The Kier molecular flexibility index (Phi) is 5.23. The van der Waals surface area contributed by atoms with Crippen LogP contribution in [0.5, 0.6) is 5.75 Å². The third kappa shape index (κ3) is 3.97. The van der Waals surface area contributed by atoms with Crippen LogP contribution in [0, 0.1) is 19.8 Å². The van der Waals surface area contributed by atoms with E-state index in [1.54, 1.807) is 12.1 Å². The highest BCUT2D eigenvalue weighted by Crippen LogP contribution is 2.23. The van der Waals surface area contributed by atoms with Gasteiger partial charge in [0.2, 0.25) is 5.91 Å². The number of rotatable bonds is 4. The topological polar surface area (TPSA) is 52.6 Å². The summed E-state index contributed by atoms with van der Waals surface area (Å²) in [5.74, 6) is 0.639. The van der Waals surface area contributed by atoms with Gasteiger partial charge in [0.1, 0.15) is 5.75 Å². The zero-order valence-corrected chi connectivity index (χ0v) is 13.3. The van der Waals surface area contributed by atoms with Crippen LogP contribution in [0.15, 0.2) is 12.1 Å². The number of hydrogen-bond donors (Lipinski definition) is 2. The van der Waals surface area contributed by atoms with Crippen molar-refractivity contribution in [3.8, 4) is 5.75 Å². The fourth-order valence-corrected chi connectivity index (χ4v) is 3.05. The molecule has 0 saturated carbocycles. The fraction of sp³-hybridized carbons (Fsp3) is 0.588. The number of aromatic hydroxyl groups is 1. The van der Waals surface area contributed by atoms with E-state index in [1.165, 1.54) is 5.56 Å². The van der Waals surface area contributed by atoms with Crippen molar-refractivity contribution in [2.75, 3.05) is 26.2 Å². The van der Waals surface area contributed by atoms with Gasteiger partial charge in [-0.3, -0.25) is 4.79 Å². The second-order valence-electron chi connectivity index (χ2n) is 6.07. The van der Waals surface area contributed by atoms with Gasteiger partial charge in [-0.05, 0) is 55.5 Å². The standard InChI is InChI=1S/C17H26N2O2/c1-12(17(21)19-8-6-18-7-9-19)4-5-16-13(2)10-15(20)11-14(16)3/h10-12,18,20H,4-9H2,1-3H3. The van der Waals surface area contributed by atoms with Crippen molar-refractivity contribution in [2.24, 2.45) is 5.92 Å². The summed E-state index contributed by atoms with van der Waals surface area (Å²) in [7, 11) is 0. The van der Waals surface area contributed by atoms with Gasteiger partial charge in [0.15, 0.2) is 0 Å². The molecule has 0 aliphatic carbocycles. The fourth-order valence-electron chi connectivity index (χ4n) is 3.05. The average Bonchev–Trinajstić information content (AvgIpc) is 2.46. The molecular weight excluding hydrogens is 264 g/mol. The lowest BCUT2D eigenvalue weighted by Crippen LogP contribution is -2.48. The molecule has 2 rings (SSSR count). The summed E-state index contributed by atoms with van der Waals surface area (Å²) in [5, 5.41) is 12.9. The van der Waals surface area contributed by atoms with Crippen LogP contribution in [0.2, 0.25) is 0 Å². The molecule has 0 bridgehead atoms. The van der Waals surface area contributed by atoms with Crippen LogP contribution < -0.4 is 5.32 Å². The third-order valence-corrected chi connectivity index (χ3v) is 4.36. The molecule has 1 heterocycles. The molecule has 1 fully saturated rings. The Hall–Kier alpha value is -1.55. The number of carbonyl (C=O) groups is 1. The lowest BCUT2D eigenvalue weighted by atomic mass is 9.93. The summed E-state index contributed by atoms with van der Waals surface area (Å²) < 4.78 is 0. The van der Waals surface area contributed by atoms with Crippen LogP contribution in [0.4, 0.5) is 0 Å². The van der Waals surface area contributed by atoms with E-state index in [9.17, 15) is 9.90 Å². The summed E-state index contributed by atoms with van der Waals surface area (Å²) >= 11 is 0. The van der Waals surface area contributed by atoms with Crippen molar-refractivity contribution in [1.29, 1.82) is 0 Å². The van der Waals surface area contributed by atoms with Crippen molar-refractivity contribution in [2.45, 2.75) is 33.6 Å². The Bertz CT molecular complexity index is 485. The average molecular weight is 290 g/mol. The van der Waals surface area contributed by atoms with Gasteiger partial charge in [0, 0.05) is 32.1 Å². The van der Waals surface area contributed by atoms with E-state index < -0.39 is 0 Å². The number of nitrogens with one attached hydrogen (secondary N) is 1. The van der Waals surface area contributed by atoms with E-state index in [4.69, 9.17) is 0 Å². The maximum Gasteiger partial charge on any atom is 0.225 e. The van der Waals surface area contributed by atoms with E-state index in [0.717, 1.165) is 50.1 Å². The van der Waals surface area contributed by atoms with Crippen LogP contribution in [0.3, 0.4) is 0 Å². The zero-order chi connectivity index (χ0) is 15.4. The molecule has 0 spiro atoms. The quantitative estimate of drug-likeness (QED) is 0.892. The molecule has 0 radical (unpaired) electrons. The Morgan fingerprint density at radius 3 is 2.43 bits per heavy atom. The van der Waals surface area contributed by atoms with Crippen molar-refractivity contribution in [3.63, 3.8) is 0 Å². The minimum absolute atomic E-state index is 0.0516. The number of phenolic OH excluding ortho intramolecular Hbond substituents is 1. The molecule has 4 heteroatoms. The number of phenols is 1. The second kappa shape index (κ2) is 6.94. The summed E-state index contributed by atoms with van der Waals surface area (Å²) in [4.78, 5) is 14.4. The SMILES string of the molecule is Cc1cc(O)cc(C)c1CCC(C)C(=O)N1CCNCC1. The van der Waals surface area contributed by atoms with Gasteiger partial charge in [-0.25, -0.2) is 0 Å². The first-order valence-corrected chi connectivity index (χ1v) is 7.77. The highest BCUT2D eigenvalue weighted by atomic mass is 16.3. The lowest BCUT2D eigenvalue weighted by Gasteiger charge is -2.30. The van der Waals surface area contributed by atoms with E-state index in [2.05, 4.69) is 5.32 Å². The molecule has 4 nitrogen and oxygen atoms in total. The first-order chi connectivity index (χ1) is 9.99. The maximum absolute atomic E-state index is 12.4. The number of aryl methyl sites for hydroxylation is 2. The van der Waals surface area contributed by atoms with Gasteiger partial charge in [-0.2, -0.15) is 0 Å². The molecule has 21 heavy (non-hydrogen) atoms. The van der Waals surface area contributed by atoms with E-state index in [0.29, 0.717) is 5.75 Å². The van der Waals surface area contributed by atoms with Crippen molar-refractivity contribution < 1.29 is 9.90 Å². The van der Waals surface area contributed by atoms with E-state index in [1.807, 2.05) is 25.7 Å². The normalized spacial score (nSPS) is 16.8. The molecule has 1 aromatic rings. The molecule has 1 saturated heterocycles. The monoisotopic (exact) mass is 290 g/mol. The lowest BCUT2D eigenvalue weighted by molar-refractivity contribution is -0.135. The molecule has 1 amide bonds. The van der Waals surface area contributed by atoms with Crippen molar-refractivity contribution >= 4 is 5.91 Å². The second-order valence-corrected chi connectivity index (χ2v) is 6.07. The first-order valence-electron chi connectivity index (χ1n) is 7.77. The molecular formula is C17H26N2O2. The van der Waals surface area contributed by atoms with E-state index in [-0.39, 0.29) is 11.8 Å². The van der Waals surface area contributed by atoms with Crippen LogP contribution in [0.25, 0.3) is 0 Å². The minimum Gasteiger partial charge on any atom is -0.508 e. The number of amides is 1. The molecule has 1 unspecified atom stereocenters. The maximum atomic E-state index is 12.4. The first kappa shape index (κ1) is 15.8. The van der Waals surface area contributed by atoms with Crippen molar-refractivity contribution in [1.82, 2.24) is 10.2 Å². The van der Waals surface area contributed by atoms with Gasteiger partial charge in [0.05, 0.1) is 0 Å². The number of benzene rings is 1. The molecule has 1 aromatic carbocycles. The van der Waals surface area contributed by atoms with Crippen molar-refractivity contribution in [3.05, 3.63) is 28.8 Å². The summed E-state index contributed by atoms with van der Waals surface area (Å²) in [6.45, 7) is 9.50. The predicted molar refractivity (Wildman–Crippen MR) is 84.5 cm³/mol. The zero-order valence-electron chi connectivity index (χ0n) is 13.3. The van der Waals surface area contributed by atoms with Crippen LogP contribution >= 0.6 is 0 Å².